The minimum atomic E-state index is 0.234. The number of hydrogen-bond donors (Lipinski definition) is 1. The van der Waals surface area contributed by atoms with Gasteiger partial charge in [0.1, 0.15) is 5.75 Å². The van der Waals surface area contributed by atoms with Crippen molar-refractivity contribution < 1.29 is 4.74 Å². The molecule has 18 heavy (non-hydrogen) atoms. The Bertz CT molecular complexity index is 410. The quantitative estimate of drug-likeness (QED) is 0.861. The molecule has 1 saturated carbocycles. The molecule has 98 valence electrons. The average molecular weight is 245 g/mol. The Morgan fingerprint density at radius 2 is 1.83 bits per heavy atom. The van der Waals surface area contributed by atoms with E-state index >= 15 is 0 Å². The van der Waals surface area contributed by atoms with Gasteiger partial charge < -0.3 is 10.5 Å². The Morgan fingerprint density at radius 1 is 1.00 bits per heavy atom. The van der Waals surface area contributed by atoms with E-state index in [1.54, 1.807) is 0 Å². The molecule has 0 heterocycles. The molecule has 0 aliphatic heterocycles. The molecule has 1 aromatic rings. The van der Waals surface area contributed by atoms with Gasteiger partial charge in [-0.3, -0.25) is 0 Å². The zero-order valence-corrected chi connectivity index (χ0v) is 11.0. The number of fused-ring (bicyclic) bond motifs is 1. The lowest BCUT2D eigenvalue weighted by Crippen LogP contribution is -2.20. The maximum Gasteiger partial charge on any atom is 0.120 e. The largest absolute Gasteiger partial charge is 0.490 e. The summed E-state index contributed by atoms with van der Waals surface area (Å²) in [4.78, 5) is 0. The Kier molecular flexibility index (Phi) is 3.55. The molecule has 3 rings (SSSR count). The van der Waals surface area contributed by atoms with E-state index in [1.165, 1.54) is 49.7 Å². The molecule has 2 aliphatic carbocycles. The van der Waals surface area contributed by atoms with E-state index in [9.17, 15) is 0 Å². The molecule has 2 nitrogen and oxygen atoms in total. The summed E-state index contributed by atoms with van der Waals surface area (Å²) in [5.41, 5.74) is 8.88. The third kappa shape index (κ3) is 2.54. The summed E-state index contributed by atoms with van der Waals surface area (Å²) < 4.78 is 6.12. The van der Waals surface area contributed by atoms with E-state index in [0.29, 0.717) is 6.10 Å². The Labute approximate surface area is 110 Å². The van der Waals surface area contributed by atoms with Crippen molar-refractivity contribution >= 4 is 0 Å². The van der Waals surface area contributed by atoms with Gasteiger partial charge in [0, 0.05) is 6.04 Å². The number of benzene rings is 1. The van der Waals surface area contributed by atoms with Crippen molar-refractivity contribution in [1.29, 1.82) is 0 Å². The summed E-state index contributed by atoms with van der Waals surface area (Å²) in [6.07, 6.45) is 10.4. The summed E-state index contributed by atoms with van der Waals surface area (Å²) in [5, 5.41) is 0. The average Bonchev–Trinajstić information content (AvgIpc) is 2.40. The minimum absolute atomic E-state index is 0.234. The summed E-state index contributed by atoms with van der Waals surface area (Å²) in [5.74, 6) is 1.05. The topological polar surface area (TPSA) is 35.2 Å². The molecule has 2 heteroatoms. The first-order valence-electron chi connectivity index (χ1n) is 7.38. The Morgan fingerprint density at radius 3 is 2.67 bits per heavy atom. The van der Waals surface area contributed by atoms with E-state index in [1.807, 2.05) is 0 Å². The second-order valence-corrected chi connectivity index (χ2v) is 5.74. The molecule has 1 aromatic carbocycles. The first-order chi connectivity index (χ1) is 8.83. The van der Waals surface area contributed by atoms with Gasteiger partial charge in [0.2, 0.25) is 0 Å². The van der Waals surface area contributed by atoms with E-state index in [4.69, 9.17) is 10.5 Å². The number of nitrogens with two attached hydrogens (primary N) is 1. The lowest BCUT2D eigenvalue weighted by atomic mass is 9.88. The number of hydrogen-bond acceptors (Lipinski definition) is 2. The summed E-state index contributed by atoms with van der Waals surface area (Å²) in [6.45, 7) is 0. The molecule has 0 radical (unpaired) electrons. The second-order valence-electron chi connectivity index (χ2n) is 5.74. The van der Waals surface area contributed by atoms with Crippen molar-refractivity contribution in [2.24, 2.45) is 5.73 Å². The minimum Gasteiger partial charge on any atom is -0.490 e. The fourth-order valence-electron chi connectivity index (χ4n) is 3.28. The molecule has 1 fully saturated rings. The van der Waals surface area contributed by atoms with Gasteiger partial charge in [-0.05, 0) is 68.2 Å². The lowest BCUT2D eigenvalue weighted by molar-refractivity contribution is 0.155. The van der Waals surface area contributed by atoms with Crippen LogP contribution in [0.2, 0.25) is 0 Å². The molecule has 2 N–H and O–H groups in total. The fourth-order valence-corrected chi connectivity index (χ4v) is 3.28. The van der Waals surface area contributed by atoms with Crippen molar-refractivity contribution in [1.82, 2.24) is 0 Å². The van der Waals surface area contributed by atoms with Crippen molar-refractivity contribution in [2.45, 2.75) is 63.5 Å². The normalized spacial score (nSPS) is 24.6. The molecule has 2 aliphatic rings. The lowest BCUT2D eigenvalue weighted by Gasteiger charge is -2.26. The second kappa shape index (κ2) is 5.31. The van der Waals surface area contributed by atoms with Crippen LogP contribution in [0.5, 0.6) is 5.75 Å². The van der Waals surface area contributed by atoms with Crippen LogP contribution in [0.3, 0.4) is 0 Å². The van der Waals surface area contributed by atoms with Crippen LogP contribution in [0, 0.1) is 0 Å². The van der Waals surface area contributed by atoms with Crippen LogP contribution >= 0.6 is 0 Å². The molecule has 0 spiro atoms. The maximum absolute atomic E-state index is 6.14. The van der Waals surface area contributed by atoms with Crippen LogP contribution in [-0.4, -0.2) is 6.10 Å². The van der Waals surface area contributed by atoms with Crippen LogP contribution in [0.4, 0.5) is 0 Å². The standard InChI is InChI=1S/C16H23NO/c17-16-8-4-5-12-11-14(9-10-15(12)16)18-13-6-2-1-3-7-13/h9-11,13,16H,1-8,17H2. The van der Waals surface area contributed by atoms with Gasteiger partial charge in [-0.2, -0.15) is 0 Å². The Balaban J connectivity index is 1.73. The third-order valence-corrected chi connectivity index (χ3v) is 4.33. The van der Waals surface area contributed by atoms with Gasteiger partial charge in [-0.1, -0.05) is 12.5 Å². The van der Waals surface area contributed by atoms with Gasteiger partial charge in [0.15, 0.2) is 0 Å². The fraction of sp³-hybridized carbons (Fsp3) is 0.625. The molecule has 1 atom stereocenters. The predicted molar refractivity (Wildman–Crippen MR) is 73.8 cm³/mol. The van der Waals surface area contributed by atoms with Crippen LogP contribution in [-0.2, 0) is 6.42 Å². The molecule has 0 saturated heterocycles. The molecule has 0 amide bonds. The summed E-state index contributed by atoms with van der Waals surface area (Å²) in [6, 6.07) is 6.75. The molecular weight excluding hydrogens is 222 g/mol. The first kappa shape index (κ1) is 12.0. The SMILES string of the molecule is NC1CCCc2cc(OC3CCCCC3)ccc21. The molecule has 0 aromatic heterocycles. The van der Waals surface area contributed by atoms with Crippen molar-refractivity contribution in [3.05, 3.63) is 29.3 Å². The number of rotatable bonds is 2. The third-order valence-electron chi connectivity index (χ3n) is 4.33. The van der Waals surface area contributed by atoms with Gasteiger partial charge in [0.25, 0.3) is 0 Å². The zero-order valence-electron chi connectivity index (χ0n) is 11.0. The van der Waals surface area contributed by atoms with Gasteiger partial charge in [-0.15, -0.1) is 0 Å². The highest BCUT2D eigenvalue weighted by atomic mass is 16.5. The van der Waals surface area contributed by atoms with Crippen LogP contribution < -0.4 is 10.5 Å². The summed E-state index contributed by atoms with van der Waals surface area (Å²) >= 11 is 0. The van der Waals surface area contributed by atoms with Crippen molar-refractivity contribution in [2.75, 3.05) is 0 Å². The van der Waals surface area contributed by atoms with E-state index in [0.717, 1.165) is 18.6 Å². The van der Waals surface area contributed by atoms with Gasteiger partial charge in [-0.25, -0.2) is 0 Å². The number of ether oxygens (including phenoxy) is 1. The number of aryl methyl sites for hydroxylation is 1. The van der Waals surface area contributed by atoms with E-state index in [-0.39, 0.29) is 6.04 Å². The highest BCUT2D eigenvalue weighted by Crippen LogP contribution is 2.32. The highest BCUT2D eigenvalue weighted by molar-refractivity contribution is 5.39. The van der Waals surface area contributed by atoms with Crippen molar-refractivity contribution in [3.63, 3.8) is 0 Å². The van der Waals surface area contributed by atoms with Gasteiger partial charge >= 0.3 is 0 Å². The van der Waals surface area contributed by atoms with Gasteiger partial charge in [0.05, 0.1) is 6.10 Å². The molecule has 1 unspecified atom stereocenters. The van der Waals surface area contributed by atoms with Crippen LogP contribution in [0.1, 0.15) is 62.1 Å². The smallest absolute Gasteiger partial charge is 0.120 e. The zero-order chi connectivity index (χ0) is 12.4. The highest BCUT2D eigenvalue weighted by Gasteiger charge is 2.19. The predicted octanol–water partition coefficient (Wildman–Crippen LogP) is 3.73. The van der Waals surface area contributed by atoms with Crippen LogP contribution in [0.15, 0.2) is 18.2 Å². The van der Waals surface area contributed by atoms with Crippen LogP contribution in [0.25, 0.3) is 0 Å². The maximum atomic E-state index is 6.14. The van der Waals surface area contributed by atoms with E-state index in [2.05, 4.69) is 18.2 Å². The van der Waals surface area contributed by atoms with E-state index < -0.39 is 0 Å². The van der Waals surface area contributed by atoms with Crippen molar-refractivity contribution in [3.8, 4) is 5.75 Å². The summed E-state index contributed by atoms with van der Waals surface area (Å²) in [7, 11) is 0. The Hall–Kier alpha value is -1.02. The first-order valence-corrected chi connectivity index (χ1v) is 7.38. The monoisotopic (exact) mass is 245 g/mol. The molecular formula is C16H23NO. The molecule has 0 bridgehead atoms.